The van der Waals surface area contributed by atoms with Crippen molar-refractivity contribution in [2.75, 3.05) is 12.5 Å². The average molecular weight is 211 g/mol. The van der Waals surface area contributed by atoms with Gasteiger partial charge in [-0.2, -0.15) is 4.36 Å². The third-order valence-electron chi connectivity index (χ3n) is 1.98. The van der Waals surface area contributed by atoms with E-state index in [0.29, 0.717) is 5.82 Å². The van der Waals surface area contributed by atoms with Crippen LogP contribution in [-0.4, -0.2) is 21.7 Å². The van der Waals surface area contributed by atoms with Gasteiger partial charge in [0.15, 0.2) is 5.82 Å². The van der Waals surface area contributed by atoms with Gasteiger partial charge in [0.1, 0.15) is 0 Å². The van der Waals surface area contributed by atoms with Gasteiger partial charge in [0.05, 0.1) is 5.69 Å². The number of hydrogen-bond donors (Lipinski definition) is 1. The average Bonchev–Trinajstić information content (AvgIpc) is 2.47. The lowest BCUT2D eigenvalue weighted by atomic mass is 10.2. The molecule has 0 amide bonds. The largest absolute Gasteiger partial charge is 0.307 e. The molecule has 1 aromatic heterocycles. The predicted octanol–water partition coefficient (Wildman–Crippen LogP) is 1.04. The fourth-order valence-corrected chi connectivity index (χ4v) is 1.98. The smallest absolute Gasteiger partial charge is 0.161 e. The fraction of sp³-hybridized carbons (Fsp3) is 0.444. The molecule has 4 nitrogen and oxygen atoms in total. The molecule has 0 unspecified atom stereocenters. The highest BCUT2D eigenvalue weighted by Crippen LogP contribution is 2.18. The van der Waals surface area contributed by atoms with E-state index in [9.17, 15) is 4.21 Å². The van der Waals surface area contributed by atoms with E-state index < -0.39 is 9.73 Å². The van der Waals surface area contributed by atoms with Gasteiger partial charge in [-0.05, 0) is 11.6 Å². The first-order valence-electron chi connectivity index (χ1n) is 4.41. The molecule has 1 aliphatic rings. The fourth-order valence-electron chi connectivity index (χ4n) is 1.42. The number of rotatable bonds is 1. The van der Waals surface area contributed by atoms with Gasteiger partial charge in [-0.1, -0.05) is 6.07 Å². The summed E-state index contributed by atoms with van der Waals surface area (Å²) >= 11 is 0. The van der Waals surface area contributed by atoms with Crippen molar-refractivity contribution in [1.29, 1.82) is 0 Å². The molecular formula is C9H13N3OS. The molecule has 2 rings (SSSR count). The Morgan fingerprint density at radius 1 is 1.43 bits per heavy atom. The van der Waals surface area contributed by atoms with E-state index >= 15 is 0 Å². The Morgan fingerprint density at radius 3 is 2.93 bits per heavy atom. The molecule has 2 heterocycles. The van der Waals surface area contributed by atoms with Crippen LogP contribution < -0.4 is 5.32 Å². The van der Waals surface area contributed by atoms with Crippen LogP contribution in [0.2, 0.25) is 0 Å². The zero-order valence-electron chi connectivity index (χ0n) is 8.28. The highest BCUT2D eigenvalue weighted by molar-refractivity contribution is 7.92. The van der Waals surface area contributed by atoms with Crippen LogP contribution in [0.15, 0.2) is 16.5 Å². The van der Waals surface area contributed by atoms with Crippen molar-refractivity contribution >= 4 is 15.5 Å². The molecule has 0 atom stereocenters. The molecule has 0 aliphatic carbocycles. The quantitative estimate of drug-likeness (QED) is 0.755. The van der Waals surface area contributed by atoms with Gasteiger partial charge >= 0.3 is 0 Å². The van der Waals surface area contributed by atoms with Crippen molar-refractivity contribution in [3.63, 3.8) is 0 Å². The molecule has 1 N–H and O–H groups in total. The number of hydrogen-bond acceptors (Lipinski definition) is 4. The van der Waals surface area contributed by atoms with E-state index in [-0.39, 0.29) is 0 Å². The lowest BCUT2D eigenvalue weighted by Gasteiger charge is -1.99. The molecule has 0 aromatic carbocycles. The minimum atomic E-state index is -2.10. The summed E-state index contributed by atoms with van der Waals surface area (Å²) in [4.78, 5) is 4.33. The van der Waals surface area contributed by atoms with Crippen LogP contribution in [-0.2, 0) is 22.8 Å². The van der Waals surface area contributed by atoms with Crippen LogP contribution in [0.1, 0.15) is 11.3 Å². The summed E-state index contributed by atoms with van der Waals surface area (Å²) in [6.07, 6.45) is 3.22. The lowest BCUT2D eigenvalue weighted by molar-refractivity contribution is 0.684. The topological polar surface area (TPSA) is 54.4 Å². The summed E-state index contributed by atoms with van der Waals surface area (Å²) in [5, 5.41) is 3.20. The Labute approximate surface area is 83.9 Å². The van der Waals surface area contributed by atoms with Crippen molar-refractivity contribution in [3.05, 3.63) is 23.4 Å². The van der Waals surface area contributed by atoms with Crippen LogP contribution in [0.25, 0.3) is 0 Å². The van der Waals surface area contributed by atoms with Crippen LogP contribution >= 0.6 is 0 Å². The molecule has 76 valence electrons. The molecule has 0 bridgehead atoms. The van der Waals surface area contributed by atoms with Crippen molar-refractivity contribution < 1.29 is 4.21 Å². The molecule has 1 aliphatic heterocycles. The normalized spacial score (nSPS) is 15.3. The first kappa shape index (κ1) is 9.61. The van der Waals surface area contributed by atoms with E-state index in [4.69, 9.17) is 0 Å². The second-order valence-electron chi connectivity index (χ2n) is 3.65. The number of nitrogens with zero attached hydrogens (tertiary/aromatic N) is 2. The first-order chi connectivity index (χ1) is 6.54. The minimum Gasteiger partial charge on any atom is -0.307 e. The van der Waals surface area contributed by atoms with Gasteiger partial charge in [-0.15, -0.1) is 0 Å². The summed E-state index contributed by atoms with van der Waals surface area (Å²) < 4.78 is 15.5. The summed E-state index contributed by atoms with van der Waals surface area (Å²) in [7, 11) is -2.10. The van der Waals surface area contributed by atoms with Crippen molar-refractivity contribution in [2.24, 2.45) is 4.36 Å². The van der Waals surface area contributed by atoms with E-state index in [0.717, 1.165) is 18.8 Å². The molecule has 5 heteroatoms. The molecule has 0 radical (unpaired) electrons. The van der Waals surface area contributed by atoms with E-state index in [1.807, 2.05) is 12.1 Å². The van der Waals surface area contributed by atoms with Crippen LogP contribution in [0.4, 0.5) is 5.82 Å². The molecule has 1 aromatic rings. The monoisotopic (exact) mass is 211 g/mol. The minimum absolute atomic E-state index is 0.572. The van der Waals surface area contributed by atoms with Crippen LogP contribution in [0, 0.1) is 0 Å². The van der Waals surface area contributed by atoms with Crippen molar-refractivity contribution in [2.45, 2.75) is 13.1 Å². The predicted molar refractivity (Wildman–Crippen MR) is 56.9 cm³/mol. The number of pyridine rings is 1. The van der Waals surface area contributed by atoms with E-state index in [2.05, 4.69) is 14.7 Å². The molecule has 0 saturated heterocycles. The van der Waals surface area contributed by atoms with E-state index in [1.54, 1.807) is 12.5 Å². The third kappa shape index (κ3) is 2.10. The molecular weight excluding hydrogens is 198 g/mol. The van der Waals surface area contributed by atoms with Crippen LogP contribution in [0.5, 0.6) is 0 Å². The van der Waals surface area contributed by atoms with Gasteiger partial charge < -0.3 is 5.32 Å². The van der Waals surface area contributed by atoms with Gasteiger partial charge in [0, 0.05) is 35.3 Å². The third-order valence-corrected chi connectivity index (χ3v) is 2.60. The van der Waals surface area contributed by atoms with Gasteiger partial charge in [0.2, 0.25) is 0 Å². The zero-order valence-corrected chi connectivity index (χ0v) is 9.10. The number of fused-ring (bicyclic) bond motifs is 1. The van der Waals surface area contributed by atoms with Crippen molar-refractivity contribution in [1.82, 2.24) is 10.3 Å². The number of aromatic nitrogens is 1. The Hall–Kier alpha value is -0.940. The maximum Gasteiger partial charge on any atom is 0.161 e. The maximum atomic E-state index is 11.4. The Bertz CT molecular complexity index is 467. The molecule has 0 saturated carbocycles. The van der Waals surface area contributed by atoms with Gasteiger partial charge in [-0.3, -0.25) is 0 Å². The van der Waals surface area contributed by atoms with Gasteiger partial charge in [0.25, 0.3) is 0 Å². The second-order valence-corrected chi connectivity index (χ2v) is 6.20. The first-order valence-corrected chi connectivity index (χ1v) is 6.74. The van der Waals surface area contributed by atoms with E-state index in [1.165, 1.54) is 5.56 Å². The highest BCUT2D eigenvalue weighted by atomic mass is 32.2. The second kappa shape index (κ2) is 3.33. The standard InChI is InChI=1S/C9H13N3OS/c1-14(2,13)12-9-4-3-7-5-10-6-8(7)11-9/h3-4,10H,5-6H2,1-2H3. The van der Waals surface area contributed by atoms with Crippen molar-refractivity contribution in [3.8, 4) is 0 Å². The van der Waals surface area contributed by atoms with Gasteiger partial charge in [-0.25, -0.2) is 9.19 Å². The zero-order chi connectivity index (χ0) is 10.2. The highest BCUT2D eigenvalue weighted by Gasteiger charge is 2.11. The Morgan fingerprint density at radius 2 is 2.21 bits per heavy atom. The Kier molecular flexibility index (Phi) is 2.28. The SMILES string of the molecule is CS(C)(=O)=Nc1ccc2c(n1)CNC2. The summed E-state index contributed by atoms with van der Waals surface area (Å²) in [6.45, 7) is 1.66. The summed E-state index contributed by atoms with van der Waals surface area (Å²) in [6, 6.07) is 3.81. The molecule has 0 spiro atoms. The maximum absolute atomic E-state index is 11.4. The summed E-state index contributed by atoms with van der Waals surface area (Å²) in [5.41, 5.74) is 2.23. The lowest BCUT2D eigenvalue weighted by Crippen LogP contribution is -2.00. The molecule has 0 fully saturated rings. The summed E-state index contributed by atoms with van der Waals surface area (Å²) in [5.74, 6) is 0.572. The number of nitrogens with one attached hydrogen (secondary N) is 1. The van der Waals surface area contributed by atoms with Crippen LogP contribution in [0.3, 0.4) is 0 Å². The molecule has 14 heavy (non-hydrogen) atoms. The Balaban J connectivity index is 2.44.